The summed E-state index contributed by atoms with van der Waals surface area (Å²) in [6, 6.07) is 0. The van der Waals surface area contributed by atoms with Gasteiger partial charge in [-0.15, -0.1) is 0 Å². The fraction of sp³-hybridized carbons (Fsp3) is 0.500. The van der Waals surface area contributed by atoms with Crippen molar-refractivity contribution in [1.29, 1.82) is 0 Å². The second-order valence-corrected chi connectivity index (χ2v) is 4.85. The topological polar surface area (TPSA) is 111 Å². The highest BCUT2D eigenvalue weighted by Crippen LogP contribution is 2.21. The lowest BCUT2D eigenvalue weighted by atomic mass is 10.1. The van der Waals surface area contributed by atoms with E-state index in [1.165, 1.54) is 0 Å². The molecule has 0 spiro atoms. The summed E-state index contributed by atoms with van der Waals surface area (Å²) < 4.78 is 0. The van der Waals surface area contributed by atoms with E-state index in [1.807, 2.05) is 6.92 Å². The first-order valence-electron chi connectivity index (χ1n) is 6.59. The van der Waals surface area contributed by atoms with E-state index in [0.717, 1.165) is 42.3 Å². The number of rotatable bonds is 4. The third-order valence-electron chi connectivity index (χ3n) is 3.48. The molecule has 8 heteroatoms. The quantitative estimate of drug-likeness (QED) is 0.743. The second kappa shape index (κ2) is 5.04. The van der Waals surface area contributed by atoms with Crippen molar-refractivity contribution >= 4 is 5.97 Å². The van der Waals surface area contributed by atoms with Crippen LogP contribution in [0.3, 0.4) is 0 Å². The van der Waals surface area contributed by atoms with Gasteiger partial charge < -0.3 is 5.11 Å². The number of nitrogens with one attached hydrogen (secondary N) is 2. The standard InChI is InChI=1S/C12H16N6O2/c1-2-9-13-10(16-15-9)6-18-4-3-8-7(5-18)11(12(19)20)17-14-8/h2-6H2,1H3,(H,14,17)(H,19,20)(H,13,15,16). The van der Waals surface area contributed by atoms with Gasteiger partial charge in [-0.2, -0.15) is 10.2 Å². The highest BCUT2D eigenvalue weighted by molar-refractivity contribution is 5.87. The minimum Gasteiger partial charge on any atom is -0.476 e. The van der Waals surface area contributed by atoms with Gasteiger partial charge in [-0.3, -0.25) is 15.1 Å². The number of carbonyl (C=O) groups is 1. The predicted molar refractivity (Wildman–Crippen MR) is 69.1 cm³/mol. The van der Waals surface area contributed by atoms with Gasteiger partial charge in [-0.25, -0.2) is 9.78 Å². The van der Waals surface area contributed by atoms with Crippen molar-refractivity contribution in [2.24, 2.45) is 0 Å². The van der Waals surface area contributed by atoms with E-state index in [-0.39, 0.29) is 5.69 Å². The van der Waals surface area contributed by atoms with Crippen molar-refractivity contribution in [2.45, 2.75) is 32.9 Å². The van der Waals surface area contributed by atoms with E-state index < -0.39 is 5.97 Å². The van der Waals surface area contributed by atoms with Crippen molar-refractivity contribution in [3.63, 3.8) is 0 Å². The van der Waals surface area contributed by atoms with Gasteiger partial charge in [0, 0.05) is 37.2 Å². The molecule has 20 heavy (non-hydrogen) atoms. The number of hydrogen-bond acceptors (Lipinski definition) is 5. The Bertz CT molecular complexity index is 632. The summed E-state index contributed by atoms with van der Waals surface area (Å²) >= 11 is 0. The van der Waals surface area contributed by atoms with Crippen LogP contribution >= 0.6 is 0 Å². The summed E-state index contributed by atoms with van der Waals surface area (Å²) in [5.41, 5.74) is 1.82. The molecule has 3 heterocycles. The van der Waals surface area contributed by atoms with E-state index >= 15 is 0 Å². The third-order valence-corrected chi connectivity index (χ3v) is 3.48. The van der Waals surface area contributed by atoms with E-state index in [2.05, 4.69) is 30.3 Å². The van der Waals surface area contributed by atoms with Gasteiger partial charge in [0.2, 0.25) is 0 Å². The highest BCUT2D eigenvalue weighted by atomic mass is 16.4. The molecule has 3 rings (SSSR count). The molecule has 8 nitrogen and oxygen atoms in total. The number of aryl methyl sites for hydroxylation is 1. The van der Waals surface area contributed by atoms with Gasteiger partial charge in [0.05, 0.1) is 6.54 Å². The number of hydrogen-bond donors (Lipinski definition) is 3. The van der Waals surface area contributed by atoms with Gasteiger partial charge in [-0.05, 0) is 0 Å². The summed E-state index contributed by atoms with van der Waals surface area (Å²) in [5.74, 6) is 0.621. The predicted octanol–water partition coefficient (Wildman–Crippen LogP) is 0.347. The summed E-state index contributed by atoms with van der Waals surface area (Å²) in [4.78, 5) is 17.6. The Labute approximate surface area is 115 Å². The van der Waals surface area contributed by atoms with Crippen LogP contribution in [0.15, 0.2) is 0 Å². The number of nitrogens with zero attached hydrogens (tertiary/aromatic N) is 4. The van der Waals surface area contributed by atoms with Crippen molar-refractivity contribution in [3.8, 4) is 0 Å². The summed E-state index contributed by atoms with van der Waals surface area (Å²) in [6.45, 7) is 4.05. The molecule has 0 radical (unpaired) electrons. The average molecular weight is 276 g/mol. The van der Waals surface area contributed by atoms with Crippen LogP contribution in [0.2, 0.25) is 0 Å². The monoisotopic (exact) mass is 276 g/mol. The number of aromatic carboxylic acids is 1. The Kier molecular flexibility index (Phi) is 3.23. The summed E-state index contributed by atoms with van der Waals surface area (Å²) in [6.07, 6.45) is 1.57. The lowest BCUT2D eigenvalue weighted by Crippen LogP contribution is -2.31. The summed E-state index contributed by atoms with van der Waals surface area (Å²) in [5, 5.41) is 22.8. The molecular formula is C12H16N6O2. The molecule has 106 valence electrons. The van der Waals surface area contributed by atoms with E-state index in [0.29, 0.717) is 13.1 Å². The maximum atomic E-state index is 11.1. The van der Waals surface area contributed by atoms with Crippen LogP contribution in [0, 0.1) is 0 Å². The summed E-state index contributed by atoms with van der Waals surface area (Å²) in [7, 11) is 0. The van der Waals surface area contributed by atoms with E-state index in [4.69, 9.17) is 5.11 Å². The zero-order chi connectivity index (χ0) is 14.1. The van der Waals surface area contributed by atoms with Crippen LogP contribution in [0.5, 0.6) is 0 Å². The van der Waals surface area contributed by atoms with Gasteiger partial charge >= 0.3 is 5.97 Å². The third kappa shape index (κ3) is 2.29. The fourth-order valence-corrected chi connectivity index (χ4v) is 2.44. The molecule has 2 aromatic rings. The van der Waals surface area contributed by atoms with Gasteiger partial charge in [0.15, 0.2) is 5.69 Å². The number of carboxylic acids is 1. The Balaban J connectivity index is 1.74. The lowest BCUT2D eigenvalue weighted by Gasteiger charge is -2.25. The lowest BCUT2D eigenvalue weighted by molar-refractivity contribution is 0.0687. The molecule has 0 aliphatic carbocycles. The van der Waals surface area contributed by atoms with Gasteiger partial charge in [-0.1, -0.05) is 6.92 Å². The zero-order valence-corrected chi connectivity index (χ0v) is 11.2. The smallest absolute Gasteiger partial charge is 0.356 e. The molecule has 1 aliphatic heterocycles. The van der Waals surface area contributed by atoms with Crippen LogP contribution in [-0.2, 0) is 25.9 Å². The SMILES string of the molecule is CCc1n[nH]c(CN2CCc3[nH]nc(C(=O)O)c3C2)n1. The first-order chi connectivity index (χ1) is 9.67. The molecule has 3 N–H and O–H groups in total. The van der Waals surface area contributed by atoms with Crippen molar-refractivity contribution in [2.75, 3.05) is 6.54 Å². The van der Waals surface area contributed by atoms with E-state index in [9.17, 15) is 4.79 Å². The van der Waals surface area contributed by atoms with Crippen LogP contribution in [-0.4, -0.2) is 47.9 Å². The molecule has 1 aliphatic rings. The van der Waals surface area contributed by atoms with Crippen molar-refractivity contribution in [1.82, 2.24) is 30.3 Å². The maximum absolute atomic E-state index is 11.1. The van der Waals surface area contributed by atoms with Gasteiger partial charge in [0.25, 0.3) is 0 Å². The number of carboxylic acid groups (broad SMARTS) is 1. The van der Waals surface area contributed by atoms with Crippen molar-refractivity contribution < 1.29 is 9.90 Å². The molecule has 0 aromatic carbocycles. The minimum atomic E-state index is -0.989. The van der Waals surface area contributed by atoms with Crippen LogP contribution in [0.1, 0.15) is 40.3 Å². The maximum Gasteiger partial charge on any atom is 0.356 e. The average Bonchev–Trinajstić information content (AvgIpc) is 3.04. The Morgan fingerprint density at radius 2 is 2.25 bits per heavy atom. The van der Waals surface area contributed by atoms with E-state index in [1.54, 1.807) is 0 Å². The number of aromatic nitrogens is 5. The molecule has 0 unspecified atom stereocenters. The Morgan fingerprint density at radius 3 is 2.95 bits per heavy atom. The second-order valence-electron chi connectivity index (χ2n) is 4.85. The molecule has 0 atom stereocenters. The number of aromatic amines is 2. The largest absolute Gasteiger partial charge is 0.476 e. The molecule has 0 saturated heterocycles. The zero-order valence-electron chi connectivity index (χ0n) is 11.2. The van der Waals surface area contributed by atoms with Crippen LogP contribution < -0.4 is 0 Å². The van der Waals surface area contributed by atoms with Crippen LogP contribution in [0.25, 0.3) is 0 Å². The normalized spacial score (nSPS) is 15.2. The number of H-pyrrole nitrogens is 2. The fourth-order valence-electron chi connectivity index (χ4n) is 2.44. The Morgan fingerprint density at radius 1 is 1.40 bits per heavy atom. The Hall–Kier alpha value is -2.22. The first-order valence-corrected chi connectivity index (χ1v) is 6.59. The molecule has 2 aromatic heterocycles. The molecule has 0 bridgehead atoms. The first kappa shape index (κ1) is 12.8. The molecule has 0 amide bonds. The van der Waals surface area contributed by atoms with Gasteiger partial charge in [0.1, 0.15) is 11.6 Å². The minimum absolute atomic E-state index is 0.122. The highest BCUT2D eigenvalue weighted by Gasteiger charge is 2.25. The van der Waals surface area contributed by atoms with Crippen LogP contribution in [0.4, 0.5) is 0 Å². The van der Waals surface area contributed by atoms with Crippen molar-refractivity contribution in [3.05, 3.63) is 28.6 Å². The number of fused-ring (bicyclic) bond motifs is 1. The molecular weight excluding hydrogens is 260 g/mol. The molecule has 0 saturated carbocycles. The molecule has 0 fully saturated rings.